The Kier molecular flexibility index (Phi) is 5.87. The minimum atomic E-state index is 0.543. The van der Waals surface area contributed by atoms with Crippen molar-refractivity contribution < 1.29 is 4.74 Å². The molecule has 21 heavy (non-hydrogen) atoms. The summed E-state index contributed by atoms with van der Waals surface area (Å²) >= 11 is 0. The van der Waals surface area contributed by atoms with Gasteiger partial charge in [0.05, 0.1) is 13.2 Å². The summed E-state index contributed by atoms with van der Waals surface area (Å²) in [6, 6.07) is 8.60. The summed E-state index contributed by atoms with van der Waals surface area (Å²) in [5.74, 6) is 1.45. The first-order valence-corrected chi connectivity index (χ1v) is 7.56. The van der Waals surface area contributed by atoms with E-state index in [-0.39, 0.29) is 0 Å². The number of nitrogens with two attached hydrogens (primary N) is 1. The monoisotopic (exact) mass is 290 g/mol. The van der Waals surface area contributed by atoms with E-state index in [2.05, 4.69) is 29.3 Å². The van der Waals surface area contributed by atoms with Gasteiger partial charge in [0, 0.05) is 12.6 Å². The predicted octanol–water partition coefficient (Wildman–Crippen LogP) is 1.58. The maximum atomic E-state index is 5.81. The van der Waals surface area contributed by atoms with Gasteiger partial charge in [0.2, 0.25) is 0 Å². The lowest BCUT2D eigenvalue weighted by atomic mass is 10.2. The Bertz CT molecular complexity index is 452. The lowest BCUT2D eigenvalue weighted by molar-refractivity contribution is 0.281. The molecule has 0 bridgehead atoms. The number of aliphatic imine (C=N–C) groups is 1. The molecule has 0 radical (unpaired) electrons. The van der Waals surface area contributed by atoms with Crippen LogP contribution in [0.5, 0.6) is 5.75 Å². The molecule has 0 heterocycles. The Balaban J connectivity index is 1.70. The smallest absolute Gasteiger partial charge is 0.189 e. The van der Waals surface area contributed by atoms with E-state index in [0.29, 0.717) is 18.5 Å². The van der Waals surface area contributed by atoms with Gasteiger partial charge in [-0.05, 0) is 51.1 Å². The minimum absolute atomic E-state index is 0.543. The zero-order valence-corrected chi connectivity index (χ0v) is 13.0. The van der Waals surface area contributed by atoms with E-state index in [0.717, 1.165) is 30.9 Å². The standard InChI is InChI=1S/C16H26N4O/c1-20(2)10-3-11-21-15-8-4-13(5-9-15)12-18-16(17)19-14-6-7-14/h4-5,8-9,14H,3,6-7,10-12H2,1-2H3,(H3,17,18,19). The van der Waals surface area contributed by atoms with Gasteiger partial charge in [0.1, 0.15) is 5.75 Å². The number of benzene rings is 1. The summed E-state index contributed by atoms with van der Waals surface area (Å²) in [6.07, 6.45) is 3.44. The second kappa shape index (κ2) is 7.88. The topological polar surface area (TPSA) is 62.9 Å². The largest absolute Gasteiger partial charge is 0.494 e. The molecule has 3 N–H and O–H groups in total. The van der Waals surface area contributed by atoms with Gasteiger partial charge in [-0.1, -0.05) is 12.1 Å². The van der Waals surface area contributed by atoms with Crippen molar-refractivity contribution in [3.8, 4) is 5.75 Å². The van der Waals surface area contributed by atoms with Crippen LogP contribution in [0.2, 0.25) is 0 Å². The van der Waals surface area contributed by atoms with Gasteiger partial charge in [-0.25, -0.2) is 4.99 Å². The number of nitrogens with one attached hydrogen (secondary N) is 1. The number of guanidine groups is 1. The third-order valence-electron chi connectivity index (χ3n) is 3.30. The van der Waals surface area contributed by atoms with Crippen LogP contribution in [0.3, 0.4) is 0 Å². The van der Waals surface area contributed by atoms with Crippen LogP contribution < -0.4 is 15.8 Å². The maximum absolute atomic E-state index is 5.81. The van der Waals surface area contributed by atoms with Crippen LogP contribution in [0.1, 0.15) is 24.8 Å². The van der Waals surface area contributed by atoms with Crippen LogP contribution in [0, 0.1) is 0 Å². The van der Waals surface area contributed by atoms with Crippen molar-refractivity contribution in [2.45, 2.75) is 31.8 Å². The lowest BCUT2D eigenvalue weighted by Crippen LogP contribution is -2.33. The van der Waals surface area contributed by atoms with Crippen LogP contribution in [0.15, 0.2) is 29.3 Å². The van der Waals surface area contributed by atoms with Crippen molar-refractivity contribution in [2.24, 2.45) is 10.7 Å². The zero-order chi connectivity index (χ0) is 15.1. The first kappa shape index (κ1) is 15.6. The number of rotatable bonds is 8. The van der Waals surface area contributed by atoms with Crippen molar-refractivity contribution in [3.63, 3.8) is 0 Å². The second-order valence-electron chi connectivity index (χ2n) is 5.77. The number of nitrogens with zero attached hydrogens (tertiary/aromatic N) is 2. The van der Waals surface area contributed by atoms with E-state index in [9.17, 15) is 0 Å². The quantitative estimate of drug-likeness (QED) is 0.433. The Morgan fingerprint density at radius 2 is 2.05 bits per heavy atom. The SMILES string of the molecule is CN(C)CCCOc1ccc(CN=C(N)NC2CC2)cc1. The van der Waals surface area contributed by atoms with Gasteiger partial charge in [0.15, 0.2) is 5.96 Å². The third kappa shape index (κ3) is 6.49. The first-order valence-electron chi connectivity index (χ1n) is 7.56. The molecule has 1 fully saturated rings. The van der Waals surface area contributed by atoms with Crippen LogP contribution in [-0.4, -0.2) is 44.1 Å². The highest BCUT2D eigenvalue weighted by atomic mass is 16.5. The first-order chi connectivity index (χ1) is 10.1. The number of ether oxygens (including phenoxy) is 1. The van der Waals surface area contributed by atoms with Crippen molar-refractivity contribution in [1.82, 2.24) is 10.2 Å². The average molecular weight is 290 g/mol. The molecule has 1 aromatic rings. The van der Waals surface area contributed by atoms with E-state index in [1.165, 1.54) is 12.8 Å². The minimum Gasteiger partial charge on any atom is -0.494 e. The van der Waals surface area contributed by atoms with Crippen LogP contribution in [-0.2, 0) is 6.54 Å². The van der Waals surface area contributed by atoms with Crippen molar-refractivity contribution in [2.75, 3.05) is 27.2 Å². The molecule has 0 saturated heterocycles. The van der Waals surface area contributed by atoms with Crippen molar-refractivity contribution in [1.29, 1.82) is 0 Å². The molecular formula is C16H26N4O. The van der Waals surface area contributed by atoms with E-state index in [1.807, 2.05) is 24.3 Å². The Labute approximate surface area is 127 Å². The summed E-state index contributed by atoms with van der Waals surface area (Å²) in [7, 11) is 4.14. The van der Waals surface area contributed by atoms with E-state index in [1.54, 1.807) is 0 Å². The molecule has 0 spiro atoms. The van der Waals surface area contributed by atoms with Gasteiger partial charge in [-0.2, -0.15) is 0 Å². The Morgan fingerprint density at radius 3 is 2.67 bits per heavy atom. The molecule has 0 unspecified atom stereocenters. The van der Waals surface area contributed by atoms with Crippen LogP contribution in [0.4, 0.5) is 0 Å². The lowest BCUT2D eigenvalue weighted by Gasteiger charge is -2.10. The summed E-state index contributed by atoms with van der Waals surface area (Å²) in [5.41, 5.74) is 6.94. The molecule has 0 amide bonds. The van der Waals surface area contributed by atoms with Crippen LogP contribution >= 0.6 is 0 Å². The normalized spacial score (nSPS) is 15.3. The van der Waals surface area contributed by atoms with Gasteiger partial charge >= 0.3 is 0 Å². The van der Waals surface area contributed by atoms with E-state index < -0.39 is 0 Å². The second-order valence-corrected chi connectivity index (χ2v) is 5.77. The average Bonchev–Trinajstić information content (AvgIpc) is 3.26. The summed E-state index contributed by atoms with van der Waals surface area (Å²) < 4.78 is 5.70. The fraction of sp³-hybridized carbons (Fsp3) is 0.562. The van der Waals surface area contributed by atoms with Crippen molar-refractivity contribution in [3.05, 3.63) is 29.8 Å². The Morgan fingerprint density at radius 1 is 1.33 bits per heavy atom. The van der Waals surface area contributed by atoms with E-state index >= 15 is 0 Å². The molecule has 5 heteroatoms. The molecule has 116 valence electrons. The zero-order valence-electron chi connectivity index (χ0n) is 13.0. The highest BCUT2D eigenvalue weighted by molar-refractivity contribution is 5.78. The van der Waals surface area contributed by atoms with E-state index in [4.69, 9.17) is 10.5 Å². The molecular weight excluding hydrogens is 264 g/mol. The van der Waals surface area contributed by atoms with Gasteiger partial charge < -0.3 is 20.7 Å². The van der Waals surface area contributed by atoms with Crippen molar-refractivity contribution >= 4 is 5.96 Å². The fourth-order valence-electron chi connectivity index (χ4n) is 1.92. The molecule has 1 saturated carbocycles. The summed E-state index contributed by atoms with van der Waals surface area (Å²) in [6.45, 7) is 2.39. The molecule has 2 rings (SSSR count). The molecule has 0 aliphatic heterocycles. The highest BCUT2D eigenvalue weighted by Gasteiger charge is 2.21. The van der Waals surface area contributed by atoms with Gasteiger partial charge in [-0.3, -0.25) is 0 Å². The molecule has 0 atom stereocenters. The molecule has 0 aromatic heterocycles. The third-order valence-corrected chi connectivity index (χ3v) is 3.30. The van der Waals surface area contributed by atoms with Gasteiger partial charge in [0.25, 0.3) is 0 Å². The van der Waals surface area contributed by atoms with Crippen LogP contribution in [0.25, 0.3) is 0 Å². The molecule has 1 aliphatic carbocycles. The summed E-state index contributed by atoms with van der Waals surface area (Å²) in [4.78, 5) is 6.49. The summed E-state index contributed by atoms with van der Waals surface area (Å²) in [5, 5.41) is 3.18. The number of hydrogen-bond acceptors (Lipinski definition) is 3. The number of hydrogen-bond donors (Lipinski definition) is 2. The molecule has 1 aromatic carbocycles. The molecule has 5 nitrogen and oxygen atoms in total. The highest BCUT2D eigenvalue weighted by Crippen LogP contribution is 2.18. The van der Waals surface area contributed by atoms with Gasteiger partial charge in [-0.15, -0.1) is 0 Å². The molecule has 1 aliphatic rings. The predicted molar refractivity (Wildman–Crippen MR) is 86.6 cm³/mol. The maximum Gasteiger partial charge on any atom is 0.189 e. The fourth-order valence-corrected chi connectivity index (χ4v) is 1.92. The Hall–Kier alpha value is -1.75.